The fourth-order valence-electron chi connectivity index (χ4n) is 3.76. The summed E-state index contributed by atoms with van der Waals surface area (Å²) in [6.07, 6.45) is 3.72. The Morgan fingerprint density at radius 3 is 2.68 bits per heavy atom. The number of hydrogen-bond donors (Lipinski definition) is 0. The first-order valence-electron chi connectivity index (χ1n) is 10.4. The Morgan fingerprint density at radius 2 is 2.03 bits per heavy atom. The molecule has 0 saturated heterocycles. The molecular weight excluding hydrogens is 416 g/mol. The van der Waals surface area contributed by atoms with Gasteiger partial charge in [-0.15, -0.1) is 0 Å². The molecule has 0 spiro atoms. The smallest absolute Gasteiger partial charge is 0.410 e. The Balaban J connectivity index is 1.60. The molecule has 0 radical (unpaired) electrons. The molecule has 3 heterocycles. The quantitative estimate of drug-likeness (QED) is 0.564. The van der Waals surface area contributed by atoms with E-state index in [0.29, 0.717) is 30.2 Å². The van der Waals surface area contributed by atoms with E-state index in [1.165, 1.54) is 0 Å². The lowest BCUT2D eigenvalue weighted by atomic mass is 9.93. The summed E-state index contributed by atoms with van der Waals surface area (Å²) in [5.74, 6) is -0.305. The van der Waals surface area contributed by atoms with Crippen LogP contribution in [0.3, 0.4) is 0 Å². The molecule has 0 saturated carbocycles. The van der Waals surface area contributed by atoms with Crippen LogP contribution in [0.15, 0.2) is 54.2 Å². The summed E-state index contributed by atoms with van der Waals surface area (Å²) >= 11 is 6.01. The van der Waals surface area contributed by atoms with Crippen molar-refractivity contribution < 1.29 is 19.0 Å². The summed E-state index contributed by atoms with van der Waals surface area (Å²) in [5, 5.41) is 0.553. The van der Waals surface area contributed by atoms with Crippen LogP contribution in [0.2, 0.25) is 5.02 Å². The number of halogens is 1. The predicted molar refractivity (Wildman–Crippen MR) is 118 cm³/mol. The van der Waals surface area contributed by atoms with Crippen molar-refractivity contribution in [1.29, 1.82) is 0 Å². The SMILES string of the molecule is CC(C)(C)OC(=O)N1CC=C(C2OC(C)(c3ccc(Cl)cn3)Oc3ccccc32)CC1. The van der Waals surface area contributed by atoms with Crippen molar-refractivity contribution in [2.45, 2.75) is 51.6 Å². The number of hydrogen-bond acceptors (Lipinski definition) is 5. The summed E-state index contributed by atoms with van der Waals surface area (Å²) in [4.78, 5) is 18.5. The highest BCUT2D eigenvalue weighted by molar-refractivity contribution is 6.30. The fourth-order valence-corrected chi connectivity index (χ4v) is 3.87. The average Bonchev–Trinajstić information content (AvgIpc) is 2.72. The molecule has 2 aliphatic heterocycles. The third kappa shape index (κ3) is 4.70. The lowest BCUT2D eigenvalue weighted by molar-refractivity contribution is -0.221. The van der Waals surface area contributed by atoms with Crippen molar-refractivity contribution >= 4 is 17.7 Å². The van der Waals surface area contributed by atoms with Crippen molar-refractivity contribution in [2.24, 2.45) is 0 Å². The molecule has 164 valence electrons. The summed E-state index contributed by atoms with van der Waals surface area (Å²) in [7, 11) is 0. The molecule has 1 aromatic carbocycles. The minimum absolute atomic E-state index is 0.298. The second-order valence-electron chi connectivity index (χ2n) is 8.90. The highest BCUT2D eigenvalue weighted by Gasteiger charge is 2.42. The molecule has 2 unspecified atom stereocenters. The molecule has 7 heteroatoms. The number of para-hydroxylation sites is 1. The number of amides is 1. The topological polar surface area (TPSA) is 60.9 Å². The van der Waals surface area contributed by atoms with Crippen LogP contribution in [0.1, 0.15) is 51.5 Å². The van der Waals surface area contributed by atoms with Crippen LogP contribution < -0.4 is 4.74 Å². The van der Waals surface area contributed by atoms with Gasteiger partial charge in [-0.2, -0.15) is 0 Å². The molecule has 2 aliphatic rings. The molecule has 1 aromatic heterocycles. The van der Waals surface area contributed by atoms with Gasteiger partial charge in [0.15, 0.2) is 0 Å². The molecule has 0 fully saturated rings. The lowest BCUT2D eigenvalue weighted by Gasteiger charge is -2.41. The number of ether oxygens (including phenoxy) is 3. The number of carbonyl (C=O) groups is 1. The zero-order valence-electron chi connectivity index (χ0n) is 18.2. The van der Waals surface area contributed by atoms with Crippen molar-refractivity contribution in [3.8, 4) is 5.75 Å². The Hall–Kier alpha value is -2.57. The highest BCUT2D eigenvalue weighted by Crippen LogP contribution is 2.46. The second-order valence-corrected chi connectivity index (χ2v) is 9.34. The third-order valence-corrected chi connectivity index (χ3v) is 5.50. The minimum Gasteiger partial charge on any atom is -0.456 e. The van der Waals surface area contributed by atoms with Gasteiger partial charge in [-0.1, -0.05) is 35.9 Å². The molecule has 6 nitrogen and oxygen atoms in total. The first-order chi connectivity index (χ1) is 14.6. The van der Waals surface area contributed by atoms with Crippen LogP contribution in [0.25, 0.3) is 0 Å². The van der Waals surface area contributed by atoms with Gasteiger partial charge in [0, 0.05) is 31.8 Å². The highest BCUT2D eigenvalue weighted by atomic mass is 35.5. The monoisotopic (exact) mass is 442 g/mol. The van der Waals surface area contributed by atoms with Gasteiger partial charge >= 0.3 is 6.09 Å². The zero-order valence-corrected chi connectivity index (χ0v) is 19.0. The zero-order chi connectivity index (χ0) is 22.2. The van der Waals surface area contributed by atoms with E-state index < -0.39 is 11.4 Å². The Bertz CT molecular complexity index is 999. The molecule has 1 amide bonds. The number of carbonyl (C=O) groups excluding carboxylic acids is 1. The van der Waals surface area contributed by atoms with Gasteiger partial charge in [-0.3, -0.25) is 4.98 Å². The maximum atomic E-state index is 12.4. The summed E-state index contributed by atoms with van der Waals surface area (Å²) in [6, 6.07) is 11.4. The van der Waals surface area contributed by atoms with E-state index in [2.05, 4.69) is 11.1 Å². The van der Waals surface area contributed by atoms with E-state index in [4.69, 9.17) is 25.8 Å². The van der Waals surface area contributed by atoms with Crippen LogP contribution in [0.5, 0.6) is 5.75 Å². The van der Waals surface area contributed by atoms with E-state index >= 15 is 0 Å². The molecule has 0 bridgehead atoms. The van der Waals surface area contributed by atoms with Crippen LogP contribution in [0.4, 0.5) is 4.79 Å². The molecule has 2 atom stereocenters. The first kappa shape index (κ1) is 21.7. The van der Waals surface area contributed by atoms with Crippen LogP contribution in [-0.2, 0) is 15.3 Å². The first-order valence-corrected chi connectivity index (χ1v) is 10.8. The number of rotatable bonds is 2. The summed E-state index contributed by atoms with van der Waals surface area (Å²) < 4.78 is 18.3. The number of benzene rings is 1. The van der Waals surface area contributed by atoms with Gasteiger partial charge in [-0.05, 0) is 51.0 Å². The van der Waals surface area contributed by atoms with E-state index in [1.807, 2.05) is 58.0 Å². The molecular formula is C24H27ClN2O4. The van der Waals surface area contributed by atoms with Crippen molar-refractivity contribution in [3.05, 3.63) is 70.5 Å². The fraction of sp³-hybridized carbons (Fsp3) is 0.417. The van der Waals surface area contributed by atoms with Crippen LogP contribution in [-0.4, -0.2) is 34.7 Å². The Kier molecular flexibility index (Phi) is 5.71. The maximum absolute atomic E-state index is 12.4. The Labute approximate surface area is 187 Å². The van der Waals surface area contributed by atoms with Crippen LogP contribution in [0, 0.1) is 0 Å². The number of pyridine rings is 1. The molecule has 0 N–H and O–H groups in total. The van der Waals surface area contributed by atoms with Gasteiger partial charge in [0.2, 0.25) is 0 Å². The van der Waals surface area contributed by atoms with E-state index in [-0.39, 0.29) is 12.2 Å². The van der Waals surface area contributed by atoms with E-state index in [9.17, 15) is 4.79 Å². The average molecular weight is 443 g/mol. The summed E-state index contributed by atoms with van der Waals surface area (Å²) in [6.45, 7) is 8.52. The standard InChI is InChI=1S/C24H27ClN2O4/c1-23(2,3)31-22(28)27-13-11-16(12-14-27)21-18-7-5-6-8-19(18)29-24(4,30-21)20-10-9-17(25)15-26-20/h5-11,15,21H,12-14H2,1-4H3. The van der Waals surface area contributed by atoms with Gasteiger partial charge in [0.25, 0.3) is 5.79 Å². The van der Waals surface area contributed by atoms with Gasteiger partial charge in [0.05, 0.1) is 5.02 Å². The van der Waals surface area contributed by atoms with E-state index in [0.717, 1.165) is 16.9 Å². The molecule has 31 heavy (non-hydrogen) atoms. The molecule has 0 aliphatic carbocycles. The van der Waals surface area contributed by atoms with Crippen molar-refractivity contribution in [3.63, 3.8) is 0 Å². The van der Waals surface area contributed by atoms with E-state index in [1.54, 1.807) is 17.2 Å². The van der Waals surface area contributed by atoms with Gasteiger partial charge < -0.3 is 19.1 Å². The predicted octanol–water partition coefficient (Wildman–Crippen LogP) is 5.63. The van der Waals surface area contributed by atoms with Gasteiger partial charge in [-0.25, -0.2) is 4.79 Å². The van der Waals surface area contributed by atoms with Crippen molar-refractivity contribution in [2.75, 3.05) is 13.1 Å². The van der Waals surface area contributed by atoms with Crippen LogP contribution >= 0.6 is 11.6 Å². The normalized spacial score (nSPS) is 23.5. The largest absolute Gasteiger partial charge is 0.456 e. The summed E-state index contributed by atoms with van der Waals surface area (Å²) in [5.41, 5.74) is 2.20. The number of nitrogens with zero attached hydrogens (tertiary/aromatic N) is 2. The Morgan fingerprint density at radius 1 is 1.26 bits per heavy atom. The maximum Gasteiger partial charge on any atom is 0.410 e. The lowest BCUT2D eigenvalue weighted by Crippen LogP contribution is -2.42. The van der Waals surface area contributed by atoms with Crippen molar-refractivity contribution in [1.82, 2.24) is 9.88 Å². The second kappa shape index (κ2) is 8.17. The van der Waals surface area contributed by atoms with Gasteiger partial charge in [0.1, 0.15) is 23.1 Å². The number of aromatic nitrogens is 1. The molecule has 2 aromatic rings. The number of fused-ring (bicyclic) bond motifs is 1. The molecule has 4 rings (SSSR count). The minimum atomic E-state index is -1.06. The third-order valence-electron chi connectivity index (χ3n) is 5.27.